The topological polar surface area (TPSA) is 84.0 Å². The van der Waals surface area contributed by atoms with Crippen LogP contribution in [0.1, 0.15) is 43.0 Å². The summed E-state index contributed by atoms with van der Waals surface area (Å²) in [6, 6.07) is 18.1. The van der Waals surface area contributed by atoms with Gasteiger partial charge in [-0.05, 0) is 98.5 Å². The second kappa shape index (κ2) is 12.3. The van der Waals surface area contributed by atoms with E-state index in [0.717, 1.165) is 22.5 Å². The van der Waals surface area contributed by atoms with E-state index in [1.165, 1.54) is 17.3 Å². The van der Waals surface area contributed by atoms with E-state index in [0.29, 0.717) is 16.3 Å². The van der Waals surface area contributed by atoms with Gasteiger partial charge in [0.15, 0.2) is 0 Å². The number of hydrogen-bond acceptors (Lipinski definition) is 4. The molecule has 0 unspecified atom stereocenters. The molecule has 0 atom stereocenters. The van der Waals surface area contributed by atoms with Crippen molar-refractivity contribution >= 4 is 46.4 Å². The van der Waals surface area contributed by atoms with Crippen molar-refractivity contribution in [3.63, 3.8) is 0 Å². The molecule has 4 aromatic rings. The summed E-state index contributed by atoms with van der Waals surface area (Å²) in [4.78, 5) is 31.7. The van der Waals surface area contributed by atoms with Crippen LogP contribution in [0.4, 0.5) is 11.4 Å². The van der Waals surface area contributed by atoms with Gasteiger partial charge in [0, 0.05) is 23.8 Å². The monoisotopic (exact) mass is 520 g/mol. The van der Waals surface area contributed by atoms with Crippen molar-refractivity contribution in [2.24, 2.45) is 0 Å². The van der Waals surface area contributed by atoms with Crippen LogP contribution in [-0.2, 0) is 0 Å². The molecule has 2 heterocycles. The fraction of sp³-hybridized carbons (Fsp3) is 0.143. The zero-order chi connectivity index (χ0) is 26.2. The van der Waals surface area contributed by atoms with Crippen molar-refractivity contribution in [1.29, 1.82) is 0 Å². The lowest BCUT2D eigenvalue weighted by atomic mass is 10.1. The standard InChI is InChI=1S/2C14H13ClN2O/c1-9-3-5-12(7-10(9)2)17-14(18)11-4-6-13(15)16-8-11;1-9-5-6-11(8-10(9)2)17-14(18)12-4-3-7-16-13(12)15/h2*3-8H,1-2H3,(H,17,18). The van der Waals surface area contributed by atoms with Crippen molar-refractivity contribution in [1.82, 2.24) is 9.97 Å². The summed E-state index contributed by atoms with van der Waals surface area (Å²) in [6.45, 7) is 8.07. The molecule has 2 amide bonds. The molecule has 0 bridgehead atoms. The number of hydrogen-bond donors (Lipinski definition) is 2. The first-order valence-electron chi connectivity index (χ1n) is 11.1. The van der Waals surface area contributed by atoms with Crippen molar-refractivity contribution in [2.45, 2.75) is 27.7 Å². The van der Waals surface area contributed by atoms with E-state index >= 15 is 0 Å². The molecule has 2 aromatic heterocycles. The number of nitrogens with zero attached hydrogens (tertiary/aromatic N) is 2. The van der Waals surface area contributed by atoms with Crippen LogP contribution in [0.25, 0.3) is 0 Å². The number of carbonyl (C=O) groups is 2. The molecule has 8 heteroatoms. The molecule has 0 aliphatic heterocycles. The largest absolute Gasteiger partial charge is 0.322 e. The minimum atomic E-state index is -0.253. The van der Waals surface area contributed by atoms with Gasteiger partial charge >= 0.3 is 0 Å². The number of halogens is 2. The van der Waals surface area contributed by atoms with Crippen LogP contribution in [0, 0.1) is 27.7 Å². The Bertz CT molecular complexity index is 1390. The van der Waals surface area contributed by atoms with Crippen LogP contribution in [0.3, 0.4) is 0 Å². The second-order valence-electron chi connectivity index (χ2n) is 8.22. The molecule has 0 aliphatic rings. The Morgan fingerprint density at radius 1 is 0.694 bits per heavy atom. The lowest BCUT2D eigenvalue weighted by Crippen LogP contribution is -2.13. The van der Waals surface area contributed by atoms with Crippen molar-refractivity contribution in [2.75, 3.05) is 10.6 Å². The molecule has 0 saturated heterocycles. The normalized spacial score (nSPS) is 10.2. The molecule has 6 nitrogen and oxygen atoms in total. The summed E-state index contributed by atoms with van der Waals surface area (Å²) in [6.07, 6.45) is 3.01. The highest BCUT2D eigenvalue weighted by atomic mass is 35.5. The van der Waals surface area contributed by atoms with Gasteiger partial charge in [-0.25, -0.2) is 9.97 Å². The van der Waals surface area contributed by atoms with Gasteiger partial charge in [-0.2, -0.15) is 0 Å². The van der Waals surface area contributed by atoms with Crippen molar-refractivity contribution in [3.05, 3.63) is 117 Å². The number of benzene rings is 2. The Kier molecular flexibility index (Phi) is 9.17. The Labute approximate surface area is 220 Å². The zero-order valence-corrected chi connectivity index (χ0v) is 21.9. The van der Waals surface area contributed by atoms with Crippen molar-refractivity contribution < 1.29 is 9.59 Å². The maximum Gasteiger partial charge on any atom is 0.258 e. The molecule has 2 aromatic carbocycles. The quantitative estimate of drug-likeness (QED) is 0.278. The predicted molar refractivity (Wildman–Crippen MR) is 146 cm³/mol. The van der Waals surface area contributed by atoms with Crippen LogP contribution in [-0.4, -0.2) is 21.8 Å². The number of aryl methyl sites for hydroxylation is 4. The number of aromatic nitrogens is 2. The minimum absolute atomic E-state index is 0.192. The first-order chi connectivity index (χ1) is 17.1. The lowest BCUT2D eigenvalue weighted by Gasteiger charge is -2.08. The van der Waals surface area contributed by atoms with Crippen molar-refractivity contribution in [3.8, 4) is 0 Å². The Balaban J connectivity index is 0.000000201. The van der Waals surface area contributed by atoms with E-state index in [1.54, 1.807) is 30.5 Å². The molecule has 0 saturated carbocycles. The first kappa shape index (κ1) is 26.9. The third-order valence-corrected chi connectivity index (χ3v) is 6.05. The summed E-state index contributed by atoms with van der Waals surface area (Å²) < 4.78 is 0. The molecular weight excluding hydrogens is 495 g/mol. The van der Waals surface area contributed by atoms with Gasteiger partial charge in [0.1, 0.15) is 10.3 Å². The molecule has 184 valence electrons. The molecule has 0 spiro atoms. The van der Waals surface area contributed by atoms with Gasteiger partial charge in [-0.3, -0.25) is 9.59 Å². The Hall–Kier alpha value is -3.74. The minimum Gasteiger partial charge on any atom is -0.322 e. The molecule has 0 aliphatic carbocycles. The van der Waals surface area contributed by atoms with E-state index < -0.39 is 0 Å². The number of rotatable bonds is 4. The SMILES string of the molecule is Cc1ccc(NC(=O)c2ccc(Cl)nc2)cc1C.Cc1ccc(NC(=O)c2cccnc2Cl)cc1C. The van der Waals surface area contributed by atoms with E-state index in [2.05, 4.69) is 20.6 Å². The van der Waals surface area contributed by atoms with Gasteiger partial charge < -0.3 is 10.6 Å². The highest BCUT2D eigenvalue weighted by Gasteiger charge is 2.11. The fourth-order valence-electron chi connectivity index (χ4n) is 3.11. The van der Waals surface area contributed by atoms with Gasteiger partial charge in [0.05, 0.1) is 11.1 Å². The Morgan fingerprint density at radius 2 is 1.28 bits per heavy atom. The fourth-order valence-corrected chi connectivity index (χ4v) is 3.42. The predicted octanol–water partition coefficient (Wildman–Crippen LogP) is 7.21. The molecule has 4 rings (SSSR count). The van der Waals surface area contributed by atoms with Gasteiger partial charge in [0.2, 0.25) is 0 Å². The molecular formula is C28H26Cl2N4O2. The molecule has 2 N–H and O–H groups in total. The van der Waals surface area contributed by atoms with Crippen LogP contribution in [0.15, 0.2) is 73.1 Å². The molecule has 36 heavy (non-hydrogen) atoms. The summed E-state index contributed by atoms with van der Waals surface area (Å²) in [5.74, 6) is -0.446. The van der Waals surface area contributed by atoms with Crippen LogP contribution >= 0.6 is 23.2 Å². The summed E-state index contributed by atoms with van der Waals surface area (Å²) in [7, 11) is 0. The smallest absolute Gasteiger partial charge is 0.258 e. The molecule has 0 fully saturated rings. The second-order valence-corrected chi connectivity index (χ2v) is 8.96. The maximum atomic E-state index is 12.0. The van der Waals surface area contributed by atoms with E-state index in [9.17, 15) is 9.59 Å². The van der Waals surface area contributed by atoms with E-state index in [-0.39, 0.29) is 17.0 Å². The number of nitrogens with one attached hydrogen (secondary N) is 2. The van der Waals surface area contributed by atoms with Crippen LogP contribution in [0.2, 0.25) is 10.3 Å². The third kappa shape index (κ3) is 7.38. The summed E-state index contributed by atoms with van der Waals surface area (Å²) in [5.41, 5.74) is 7.04. The van der Waals surface area contributed by atoms with E-state index in [1.807, 2.05) is 64.1 Å². The first-order valence-corrected chi connectivity index (χ1v) is 11.9. The van der Waals surface area contributed by atoms with Gasteiger partial charge in [-0.1, -0.05) is 35.3 Å². The summed E-state index contributed by atoms with van der Waals surface area (Å²) >= 11 is 11.5. The zero-order valence-electron chi connectivity index (χ0n) is 20.4. The van der Waals surface area contributed by atoms with Crippen LogP contribution in [0.5, 0.6) is 0 Å². The number of pyridine rings is 2. The third-order valence-electron chi connectivity index (χ3n) is 5.52. The molecule has 0 radical (unpaired) electrons. The van der Waals surface area contributed by atoms with Gasteiger partial charge in [0.25, 0.3) is 11.8 Å². The maximum absolute atomic E-state index is 12.0. The average Bonchev–Trinajstić information content (AvgIpc) is 2.85. The highest BCUT2D eigenvalue weighted by molar-refractivity contribution is 6.33. The number of amides is 2. The van der Waals surface area contributed by atoms with Gasteiger partial charge in [-0.15, -0.1) is 0 Å². The highest BCUT2D eigenvalue weighted by Crippen LogP contribution is 2.18. The number of anilines is 2. The lowest BCUT2D eigenvalue weighted by molar-refractivity contribution is 0.101. The summed E-state index contributed by atoms with van der Waals surface area (Å²) in [5, 5.41) is 6.21. The Morgan fingerprint density at radius 3 is 1.78 bits per heavy atom. The average molecular weight is 521 g/mol. The van der Waals surface area contributed by atoms with E-state index in [4.69, 9.17) is 23.2 Å². The van der Waals surface area contributed by atoms with Crippen LogP contribution < -0.4 is 10.6 Å². The number of carbonyl (C=O) groups excluding carboxylic acids is 2.